The lowest BCUT2D eigenvalue weighted by molar-refractivity contribution is -0.898. The Morgan fingerprint density at radius 2 is 1.93 bits per heavy atom. The predicted octanol–water partition coefficient (Wildman–Crippen LogP) is 2.52. The van der Waals surface area contributed by atoms with Gasteiger partial charge in [-0.1, -0.05) is 24.3 Å². The minimum absolute atomic E-state index is 0.0399. The molecule has 2 N–H and O–H groups in total. The number of amides is 1. The number of nitrogens with one attached hydrogen (secondary N) is 2. The van der Waals surface area contributed by atoms with Gasteiger partial charge in [0.15, 0.2) is 0 Å². The molecule has 3 rings (SSSR count). The number of hydrogen-bond donors (Lipinski definition) is 2. The largest absolute Gasteiger partial charge is 0.494 e. The molecule has 0 aromatic heterocycles. The monoisotopic (exact) mass is 382 g/mol. The van der Waals surface area contributed by atoms with Crippen molar-refractivity contribution in [2.24, 2.45) is 0 Å². The summed E-state index contributed by atoms with van der Waals surface area (Å²) in [5.41, 5.74) is 3.21. The van der Waals surface area contributed by atoms with E-state index in [1.807, 2.05) is 49.4 Å². The van der Waals surface area contributed by atoms with Gasteiger partial charge in [0.2, 0.25) is 5.91 Å². The number of piperazine rings is 1. The Bertz CT molecular complexity index is 770. The van der Waals surface area contributed by atoms with Crippen molar-refractivity contribution in [1.29, 1.82) is 0 Å². The van der Waals surface area contributed by atoms with Gasteiger partial charge < -0.3 is 19.9 Å². The maximum absolute atomic E-state index is 12.4. The zero-order valence-electron chi connectivity index (χ0n) is 17.0. The van der Waals surface area contributed by atoms with Crippen LogP contribution >= 0.6 is 0 Å². The summed E-state index contributed by atoms with van der Waals surface area (Å²) < 4.78 is 5.74. The molecule has 5 heteroatoms. The first-order valence-corrected chi connectivity index (χ1v) is 10.3. The second-order valence-corrected chi connectivity index (χ2v) is 7.42. The number of hydrogen-bond acceptors (Lipinski definition) is 3. The molecule has 1 aliphatic heterocycles. The first kappa shape index (κ1) is 20.2. The first-order valence-electron chi connectivity index (χ1n) is 10.3. The lowest BCUT2D eigenvalue weighted by atomic mass is 10.2. The number of benzene rings is 2. The molecule has 0 atom stereocenters. The fourth-order valence-electron chi connectivity index (χ4n) is 3.61. The molecule has 0 saturated carbocycles. The van der Waals surface area contributed by atoms with Crippen molar-refractivity contribution >= 4 is 17.3 Å². The molecule has 0 unspecified atom stereocenters. The molecule has 5 nitrogen and oxygen atoms in total. The Hall–Kier alpha value is -2.53. The van der Waals surface area contributed by atoms with Gasteiger partial charge >= 0.3 is 0 Å². The molecule has 2 aromatic carbocycles. The zero-order valence-corrected chi connectivity index (χ0v) is 17.0. The van der Waals surface area contributed by atoms with E-state index < -0.39 is 0 Å². The number of quaternary nitrogens is 1. The number of ether oxygens (including phenoxy) is 1. The smallest absolute Gasteiger partial charge is 0.224 e. The highest BCUT2D eigenvalue weighted by atomic mass is 16.5. The highest BCUT2D eigenvalue weighted by molar-refractivity contribution is 5.94. The minimum Gasteiger partial charge on any atom is -0.494 e. The van der Waals surface area contributed by atoms with Crippen LogP contribution in [0.25, 0.3) is 0 Å². The van der Waals surface area contributed by atoms with Crippen molar-refractivity contribution in [2.75, 3.05) is 49.5 Å². The third-order valence-corrected chi connectivity index (χ3v) is 5.30. The lowest BCUT2D eigenvalue weighted by Gasteiger charge is -2.34. The highest BCUT2D eigenvalue weighted by Crippen LogP contribution is 2.25. The summed E-state index contributed by atoms with van der Waals surface area (Å²) in [7, 11) is 0. The van der Waals surface area contributed by atoms with Gasteiger partial charge in [-0.15, -0.1) is 0 Å². The molecule has 0 bridgehead atoms. The number of carbonyl (C=O) groups excluding carboxylic acids is 1. The van der Waals surface area contributed by atoms with Gasteiger partial charge in [0.25, 0.3) is 0 Å². The number of carbonyl (C=O) groups is 1. The van der Waals surface area contributed by atoms with Crippen molar-refractivity contribution < 1.29 is 14.4 Å². The second-order valence-electron chi connectivity index (χ2n) is 7.42. The summed E-state index contributed by atoms with van der Waals surface area (Å²) in [6, 6.07) is 16.1. The molecule has 0 radical (unpaired) electrons. The van der Waals surface area contributed by atoms with Gasteiger partial charge in [-0.2, -0.15) is 0 Å². The normalized spacial score (nSPS) is 14.7. The van der Waals surface area contributed by atoms with Crippen molar-refractivity contribution in [2.45, 2.75) is 26.7 Å². The molecule has 1 fully saturated rings. The predicted molar refractivity (Wildman–Crippen MR) is 114 cm³/mol. The van der Waals surface area contributed by atoms with Crippen molar-refractivity contribution in [3.05, 3.63) is 54.1 Å². The Morgan fingerprint density at radius 1 is 1.14 bits per heavy atom. The number of anilines is 2. The SMILES string of the molecule is CC[NH+]1CCN(c2ccccc2NC(=O)CCCOc2cccc(C)c2)CC1. The van der Waals surface area contributed by atoms with Crippen LogP contribution in [0.5, 0.6) is 5.75 Å². The third-order valence-electron chi connectivity index (χ3n) is 5.30. The van der Waals surface area contributed by atoms with Crippen molar-refractivity contribution in [3.8, 4) is 5.75 Å². The van der Waals surface area contributed by atoms with Gasteiger partial charge in [0, 0.05) is 6.42 Å². The van der Waals surface area contributed by atoms with Crippen LogP contribution in [-0.2, 0) is 4.79 Å². The lowest BCUT2D eigenvalue weighted by Crippen LogP contribution is -3.14. The van der Waals surface area contributed by atoms with E-state index in [4.69, 9.17) is 4.74 Å². The average molecular weight is 383 g/mol. The van der Waals surface area contributed by atoms with E-state index in [1.54, 1.807) is 4.90 Å². The minimum atomic E-state index is 0.0399. The molecule has 2 aromatic rings. The first-order chi connectivity index (χ1) is 13.7. The topological polar surface area (TPSA) is 46.0 Å². The Labute approximate surface area is 168 Å². The fourth-order valence-corrected chi connectivity index (χ4v) is 3.61. The molecule has 0 spiro atoms. The van der Waals surface area contributed by atoms with Crippen LogP contribution < -0.4 is 19.9 Å². The maximum Gasteiger partial charge on any atom is 0.224 e. The van der Waals surface area contributed by atoms with Crippen LogP contribution in [-0.4, -0.2) is 45.2 Å². The summed E-state index contributed by atoms with van der Waals surface area (Å²) in [5, 5.41) is 3.10. The molecule has 28 heavy (non-hydrogen) atoms. The number of nitrogens with zero attached hydrogens (tertiary/aromatic N) is 1. The number of para-hydroxylation sites is 2. The van der Waals surface area contributed by atoms with Crippen LogP contribution in [0.2, 0.25) is 0 Å². The third kappa shape index (κ3) is 5.73. The van der Waals surface area contributed by atoms with Gasteiger partial charge in [0.1, 0.15) is 5.75 Å². The molecule has 1 amide bonds. The van der Waals surface area contributed by atoms with Gasteiger partial charge in [-0.05, 0) is 50.1 Å². The molecule has 0 aliphatic carbocycles. The molecule has 1 saturated heterocycles. The van der Waals surface area contributed by atoms with E-state index in [2.05, 4.69) is 23.2 Å². The number of aryl methyl sites for hydroxylation is 1. The molecule has 1 aliphatic rings. The molecule has 1 heterocycles. The van der Waals surface area contributed by atoms with Crippen LogP contribution in [0, 0.1) is 6.92 Å². The highest BCUT2D eigenvalue weighted by Gasteiger charge is 2.20. The summed E-state index contributed by atoms with van der Waals surface area (Å²) >= 11 is 0. The van der Waals surface area contributed by atoms with Gasteiger partial charge in [0.05, 0.1) is 50.7 Å². The van der Waals surface area contributed by atoms with Crippen LogP contribution in [0.3, 0.4) is 0 Å². The van der Waals surface area contributed by atoms with E-state index in [0.29, 0.717) is 19.4 Å². The molecular formula is C23H32N3O2+. The van der Waals surface area contributed by atoms with E-state index in [9.17, 15) is 4.79 Å². The Kier molecular flexibility index (Phi) is 7.31. The molecule has 150 valence electrons. The van der Waals surface area contributed by atoms with Gasteiger partial charge in [-0.3, -0.25) is 4.79 Å². The summed E-state index contributed by atoms with van der Waals surface area (Å²) in [6.07, 6.45) is 1.15. The van der Waals surface area contributed by atoms with Crippen LogP contribution in [0.1, 0.15) is 25.3 Å². The Morgan fingerprint density at radius 3 is 2.68 bits per heavy atom. The number of likely N-dealkylation sites (N-methyl/N-ethyl adjacent to an activating group) is 1. The average Bonchev–Trinajstić information content (AvgIpc) is 2.72. The van der Waals surface area contributed by atoms with Crippen molar-refractivity contribution in [3.63, 3.8) is 0 Å². The maximum atomic E-state index is 12.4. The fraction of sp³-hybridized carbons (Fsp3) is 0.435. The zero-order chi connectivity index (χ0) is 19.8. The van der Waals surface area contributed by atoms with E-state index in [0.717, 1.165) is 43.3 Å². The van der Waals surface area contributed by atoms with E-state index in [-0.39, 0.29) is 5.91 Å². The van der Waals surface area contributed by atoms with Crippen molar-refractivity contribution in [1.82, 2.24) is 0 Å². The standard InChI is InChI=1S/C23H31N3O2/c1-3-25-13-15-26(16-14-25)22-11-5-4-10-21(22)24-23(27)12-7-17-28-20-9-6-8-19(2)18-20/h4-6,8-11,18H,3,7,12-17H2,1-2H3,(H,24,27)/p+1. The van der Waals surface area contributed by atoms with E-state index in [1.165, 1.54) is 12.1 Å². The van der Waals surface area contributed by atoms with Gasteiger partial charge in [-0.25, -0.2) is 0 Å². The van der Waals surface area contributed by atoms with E-state index >= 15 is 0 Å². The number of rotatable bonds is 8. The summed E-state index contributed by atoms with van der Waals surface area (Å²) in [6.45, 7) is 10.4. The quantitative estimate of drug-likeness (QED) is 0.690. The summed E-state index contributed by atoms with van der Waals surface area (Å²) in [5.74, 6) is 0.900. The summed E-state index contributed by atoms with van der Waals surface area (Å²) in [4.78, 5) is 16.5. The Balaban J connectivity index is 1.47. The second kappa shape index (κ2) is 10.1. The van der Waals surface area contributed by atoms with Crippen LogP contribution in [0.15, 0.2) is 48.5 Å². The molecular weight excluding hydrogens is 350 g/mol. The van der Waals surface area contributed by atoms with Crippen LogP contribution in [0.4, 0.5) is 11.4 Å².